The van der Waals surface area contributed by atoms with Gasteiger partial charge in [-0.15, -0.1) is 0 Å². The Morgan fingerprint density at radius 3 is 2.11 bits per heavy atom. The van der Waals surface area contributed by atoms with Crippen molar-refractivity contribution in [1.29, 1.82) is 5.26 Å². The molecule has 0 saturated carbocycles. The van der Waals surface area contributed by atoms with Crippen LogP contribution in [-0.2, 0) is 0 Å². The summed E-state index contributed by atoms with van der Waals surface area (Å²) in [5.41, 5.74) is 8.87. The Labute approximate surface area is 106 Å². The number of hydrogen-bond donors (Lipinski definition) is 1. The number of nitrogens with zero attached hydrogens (tertiary/aromatic N) is 1. The van der Waals surface area contributed by atoms with Gasteiger partial charge in [-0.3, -0.25) is 0 Å². The number of rotatable bonds is 2. The lowest BCUT2D eigenvalue weighted by Gasteiger charge is -2.12. The van der Waals surface area contributed by atoms with E-state index in [4.69, 9.17) is 15.7 Å². The molecule has 90 valence electrons. The molecule has 2 aromatic carbocycles. The Morgan fingerprint density at radius 1 is 1.06 bits per heavy atom. The molecule has 0 aliphatic heterocycles. The quantitative estimate of drug-likeness (QED) is 0.814. The third kappa shape index (κ3) is 2.44. The lowest BCUT2D eigenvalue weighted by atomic mass is 10.1. The van der Waals surface area contributed by atoms with E-state index in [1.165, 1.54) is 0 Å². The van der Waals surface area contributed by atoms with E-state index in [0.717, 1.165) is 22.6 Å². The van der Waals surface area contributed by atoms with Gasteiger partial charge >= 0.3 is 0 Å². The largest absolute Gasteiger partial charge is 0.457 e. The Kier molecular flexibility index (Phi) is 3.20. The summed E-state index contributed by atoms with van der Waals surface area (Å²) in [6, 6.07) is 13.0. The SMILES string of the molecule is Cc1cc(C#N)cc(C)c1Oc1ccc(N)cc1. The number of nitriles is 1. The standard InChI is InChI=1S/C15H14N2O/c1-10-7-12(9-16)8-11(2)15(10)18-14-5-3-13(17)4-6-14/h3-8H,17H2,1-2H3. The zero-order valence-corrected chi connectivity index (χ0v) is 10.4. The van der Waals surface area contributed by atoms with Crippen LogP contribution in [0.4, 0.5) is 5.69 Å². The fourth-order valence-electron chi connectivity index (χ4n) is 1.83. The maximum Gasteiger partial charge on any atom is 0.133 e. The van der Waals surface area contributed by atoms with Crippen molar-refractivity contribution >= 4 is 5.69 Å². The highest BCUT2D eigenvalue weighted by Gasteiger charge is 2.07. The number of aryl methyl sites for hydroxylation is 2. The van der Waals surface area contributed by atoms with E-state index in [2.05, 4.69) is 6.07 Å². The van der Waals surface area contributed by atoms with E-state index in [1.807, 2.05) is 38.1 Å². The number of nitrogen functional groups attached to an aromatic ring is 1. The van der Waals surface area contributed by atoms with Crippen molar-refractivity contribution < 1.29 is 4.74 Å². The molecule has 0 fully saturated rings. The van der Waals surface area contributed by atoms with Crippen LogP contribution >= 0.6 is 0 Å². The first-order valence-corrected chi connectivity index (χ1v) is 5.65. The molecule has 0 saturated heterocycles. The van der Waals surface area contributed by atoms with E-state index in [9.17, 15) is 0 Å². The molecule has 0 atom stereocenters. The second kappa shape index (κ2) is 4.80. The van der Waals surface area contributed by atoms with Crippen LogP contribution in [0.5, 0.6) is 11.5 Å². The van der Waals surface area contributed by atoms with Gasteiger partial charge in [0.25, 0.3) is 0 Å². The van der Waals surface area contributed by atoms with Crippen molar-refractivity contribution in [1.82, 2.24) is 0 Å². The van der Waals surface area contributed by atoms with Crippen molar-refractivity contribution in [2.75, 3.05) is 5.73 Å². The summed E-state index contributed by atoms with van der Waals surface area (Å²) in [7, 11) is 0. The molecule has 2 aromatic rings. The molecule has 2 rings (SSSR count). The minimum absolute atomic E-state index is 0.648. The highest BCUT2D eigenvalue weighted by Crippen LogP contribution is 2.30. The van der Waals surface area contributed by atoms with Crippen molar-refractivity contribution in [3.8, 4) is 17.6 Å². The molecule has 0 radical (unpaired) electrons. The molecule has 0 aliphatic carbocycles. The molecule has 3 heteroatoms. The van der Waals surface area contributed by atoms with E-state index < -0.39 is 0 Å². The maximum atomic E-state index is 8.89. The minimum atomic E-state index is 0.648. The second-order valence-corrected chi connectivity index (χ2v) is 4.22. The van der Waals surface area contributed by atoms with Gasteiger partial charge in [-0.05, 0) is 61.4 Å². The minimum Gasteiger partial charge on any atom is -0.457 e. The Balaban J connectivity index is 2.35. The monoisotopic (exact) mass is 238 g/mol. The molecule has 18 heavy (non-hydrogen) atoms. The van der Waals surface area contributed by atoms with Gasteiger partial charge in [0, 0.05) is 5.69 Å². The fraction of sp³-hybridized carbons (Fsp3) is 0.133. The molecular formula is C15H14N2O. The number of benzene rings is 2. The van der Waals surface area contributed by atoms with Gasteiger partial charge in [-0.25, -0.2) is 0 Å². The van der Waals surface area contributed by atoms with Gasteiger partial charge in [0.05, 0.1) is 11.6 Å². The number of nitrogens with two attached hydrogens (primary N) is 1. The van der Waals surface area contributed by atoms with Crippen LogP contribution < -0.4 is 10.5 Å². The third-order valence-electron chi connectivity index (χ3n) is 2.69. The summed E-state index contributed by atoms with van der Waals surface area (Å²) in [5.74, 6) is 1.53. The molecule has 0 unspecified atom stereocenters. The molecule has 2 N–H and O–H groups in total. The van der Waals surface area contributed by atoms with Crippen LogP contribution in [0.15, 0.2) is 36.4 Å². The van der Waals surface area contributed by atoms with Crippen molar-refractivity contribution in [3.05, 3.63) is 53.1 Å². The number of hydrogen-bond acceptors (Lipinski definition) is 3. The van der Waals surface area contributed by atoms with Crippen LogP contribution in [-0.4, -0.2) is 0 Å². The maximum absolute atomic E-state index is 8.89. The van der Waals surface area contributed by atoms with Gasteiger partial charge in [-0.1, -0.05) is 0 Å². The van der Waals surface area contributed by atoms with Gasteiger partial charge in [0.2, 0.25) is 0 Å². The van der Waals surface area contributed by atoms with Crippen molar-refractivity contribution in [3.63, 3.8) is 0 Å². The van der Waals surface area contributed by atoms with Crippen LogP contribution in [0.1, 0.15) is 16.7 Å². The molecule has 0 spiro atoms. The topological polar surface area (TPSA) is 59.0 Å². The first-order chi connectivity index (χ1) is 8.60. The molecule has 3 nitrogen and oxygen atoms in total. The summed E-state index contributed by atoms with van der Waals surface area (Å²) < 4.78 is 5.83. The summed E-state index contributed by atoms with van der Waals surface area (Å²) in [6.45, 7) is 3.86. The first kappa shape index (κ1) is 12.0. The highest BCUT2D eigenvalue weighted by atomic mass is 16.5. The zero-order chi connectivity index (χ0) is 13.1. The summed E-state index contributed by atoms with van der Waals surface area (Å²) in [4.78, 5) is 0. The Morgan fingerprint density at radius 2 is 1.61 bits per heavy atom. The molecule has 0 bridgehead atoms. The van der Waals surface area contributed by atoms with Crippen molar-refractivity contribution in [2.24, 2.45) is 0 Å². The number of anilines is 1. The van der Waals surface area contributed by atoms with Gasteiger partial charge in [0.1, 0.15) is 11.5 Å². The molecular weight excluding hydrogens is 224 g/mol. The summed E-state index contributed by atoms with van der Waals surface area (Å²) >= 11 is 0. The molecule has 0 aromatic heterocycles. The average Bonchev–Trinajstić information content (AvgIpc) is 2.35. The van der Waals surface area contributed by atoms with Gasteiger partial charge in [0.15, 0.2) is 0 Å². The summed E-state index contributed by atoms with van der Waals surface area (Å²) in [6.07, 6.45) is 0. The van der Waals surface area contributed by atoms with Crippen LogP contribution in [0.2, 0.25) is 0 Å². The first-order valence-electron chi connectivity index (χ1n) is 5.65. The predicted octanol–water partition coefficient (Wildman–Crippen LogP) is 3.55. The second-order valence-electron chi connectivity index (χ2n) is 4.22. The number of ether oxygens (including phenoxy) is 1. The van der Waals surface area contributed by atoms with Crippen molar-refractivity contribution in [2.45, 2.75) is 13.8 Å². The smallest absolute Gasteiger partial charge is 0.133 e. The van der Waals surface area contributed by atoms with E-state index in [-0.39, 0.29) is 0 Å². The fourth-order valence-corrected chi connectivity index (χ4v) is 1.83. The predicted molar refractivity (Wildman–Crippen MR) is 71.6 cm³/mol. The van der Waals surface area contributed by atoms with Gasteiger partial charge in [-0.2, -0.15) is 5.26 Å². The molecule has 0 amide bonds. The third-order valence-corrected chi connectivity index (χ3v) is 2.69. The van der Waals surface area contributed by atoms with Crippen LogP contribution in [0, 0.1) is 25.2 Å². The molecule has 0 heterocycles. The molecule has 0 aliphatic rings. The van der Waals surface area contributed by atoms with Crippen LogP contribution in [0.25, 0.3) is 0 Å². The Hall–Kier alpha value is -2.47. The van der Waals surface area contributed by atoms with Gasteiger partial charge < -0.3 is 10.5 Å². The van der Waals surface area contributed by atoms with E-state index in [1.54, 1.807) is 12.1 Å². The lowest BCUT2D eigenvalue weighted by molar-refractivity contribution is 0.475. The lowest BCUT2D eigenvalue weighted by Crippen LogP contribution is -1.93. The highest BCUT2D eigenvalue weighted by molar-refractivity contribution is 5.50. The van der Waals surface area contributed by atoms with Crippen LogP contribution in [0.3, 0.4) is 0 Å². The average molecular weight is 238 g/mol. The summed E-state index contributed by atoms with van der Waals surface area (Å²) in [5, 5.41) is 8.89. The normalized spacial score (nSPS) is 9.83. The zero-order valence-electron chi connectivity index (χ0n) is 10.4. The Bertz CT molecular complexity index is 586. The van der Waals surface area contributed by atoms with E-state index >= 15 is 0 Å². The van der Waals surface area contributed by atoms with E-state index in [0.29, 0.717) is 11.3 Å².